The molecule has 0 aliphatic carbocycles. The van der Waals surface area contributed by atoms with Crippen molar-refractivity contribution in [3.8, 4) is 0 Å². The molecule has 126 valence electrons. The number of aryl methyl sites for hydroxylation is 1. The second-order valence-corrected chi connectivity index (χ2v) is 6.32. The summed E-state index contributed by atoms with van der Waals surface area (Å²) in [6.45, 7) is 4.14. The molecule has 24 heavy (non-hydrogen) atoms. The summed E-state index contributed by atoms with van der Waals surface area (Å²) in [6, 6.07) is 15.0. The topological polar surface area (TPSA) is 55.4 Å². The Morgan fingerprint density at radius 1 is 1.12 bits per heavy atom. The van der Waals surface area contributed by atoms with Gasteiger partial charge in [0.05, 0.1) is 17.9 Å². The minimum Gasteiger partial charge on any atom is -0.462 e. The van der Waals surface area contributed by atoms with Gasteiger partial charge in [-0.1, -0.05) is 35.9 Å². The Bertz CT molecular complexity index is 715. The van der Waals surface area contributed by atoms with E-state index in [1.807, 2.05) is 6.07 Å². The molecule has 2 aromatic rings. The van der Waals surface area contributed by atoms with Gasteiger partial charge in [0.25, 0.3) is 0 Å². The second-order valence-electron chi connectivity index (χ2n) is 5.33. The summed E-state index contributed by atoms with van der Waals surface area (Å²) in [7, 11) is 0. The predicted molar refractivity (Wildman–Crippen MR) is 98.4 cm³/mol. The zero-order chi connectivity index (χ0) is 17.4. The van der Waals surface area contributed by atoms with E-state index in [-0.39, 0.29) is 11.9 Å². The number of benzene rings is 2. The molecule has 0 spiro atoms. The number of ether oxygens (including phenoxy) is 1. The van der Waals surface area contributed by atoms with E-state index in [0.29, 0.717) is 23.6 Å². The molecule has 0 aliphatic rings. The van der Waals surface area contributed by atoms with E-state index in [1.54, 1.807) is 43.0 Å². The summed E-state index contributed by atoms with van der Waals surface area (Å²) >= 11 is 1.56. The molecule has 0 atom stereocenters. The zero-order valence-corrected chi connectivity index (χ0v) is 14.7. The summed E-state index contributed by atoms with van der Waals surface area (Å²) < 4.78 is 4.96. The highest BCUT2D eigenvalue weighted by Gasteiger charge is 2.08. The quantitative estimate of drug-likeness (QED) is 0.771. The maximum Gasteiger partial charge on any atom is 0.338 e. The van der Waals surface area contributed by atoms with Gasteiger partial charge in [0, 0.05) is 11.4 Å². The Hall–Kier alpha value is -2.27. The van der Waals surface area contributed by atoms with Crippen LogP contribution in [0.15, 0.2) is 48.5 Å². The van der Waals surface area contributed by atoms with Crippen LogP contribution in [-0.2, 0) is 15.3 Å². The highest BCUT2D eigenvalue weighted by molar-refractivity contribution is 7.99. The highest BCUT2D eigenvalue weighted by Crippen LogP contribution is 2.15. The maximum atomic E-state index is 12.0. The Kier molecular flexibility index (Phi) is 6.88. The van der Waals surface area contributed by atoms with E-state index in [9.17, 15) is 9.59 Å². The lowest BCUT2D eigenvalue weighted by Crippen LogP contribution is -2.15. The molecule has 0 unspecified atom stereocenters. The van der Waals surface area contributed by atoms with Crippen molar-refractivity contribution in [1.29, 1.82) is 0 Å². The van der Waals surface area contributed by atoms with E-state index in [0.717, 1.165) is 5.75 Å². The molecule has 0 aromatic heterocycles. The van der Waals surface area contributed by atoms with Crippen molar-refractivity contribution in [3.63, 3.8) is 0 Å². The van der Waals surface area contributed by atoms with Crippen LogP contribution in [0, 0.1) is 6.92 Å². The number of thioether (sulfide) groups is 1. The monoisotopic (exact) mass is 343 g/mol. The lowest BCUT2D eigenvalue weighted by Gasteiger charge is -2.07. The molecule has 0 bridgehead atoms. The lowest BCUT2D eigenvalue weighted by atomic mass is 10.2. The molecule has 2 rings (SSSR count). The molecule has 2 aromatic carbocycles. The molecule has 0 heterocycles. The van der Waals surface area contributed by atoms with Crippen molar-refractivity contribution in [2.24, 2.45) is 0 Å². The third-order valence-electron chi connectivity index (χ3n) is 3.24. The average molecular weight is 343 g/mol. The minimum atomic E-state index is -0.387. The Labute approximate surface area is 146 Å². The molecule has 4 nitrogen and oxygen atoms in total. The molecule has 5 heteroatoms. The summed E-state index contributed by atoms with van der Waals surface area (Å²) in [5.74, 6) is 0.673. The summed E-state index contributed by atoms with van der Waals surface area (Å²) in [5, 5.41) is 2.81. The van der Waals surface area contributed by atoms with Crippen molar-refractivity contribution in [1.82, 2.24) is 0 Å². The molecule has 1 amide bonds. The molecule has 0 radical (unpaired) electrons. The standard InChI is InChI=1S/C19H21NO3S/c1-3-23-19(22)16-8-5-9-17(11-16)20-18(21)13-24-12-15-7-4-6-14(2)10-15/h4-11H,3,12-13H2,1-2H3,(H,20,21). The Balaban J connectivity index is 1.84. The Morgan fingerprint density at radius 2 is 1.92 bits per heavy atom. The van der Waals surface area contributed by atoms with Crippen LogP contribution in [0.5, 0.6) is 0 Å². The van der Waals surface area contributed by atoms with Gasteiger partial charge in [-0.15, -0.1) is 11.8 Å². The molecule has 0 fully saturated rings. The molecular formula is C19H21NO3S. The molecule has 0 saturated carbocycles. The number of hydrogen-bond acceptors (Lipinski definition) is 4. The van der Waals surface area contributed by atoms with E-state index >= 15 is 0 Å². The van der Waals surface area contributed by atoms with E-state index < -0.39 is 0 Å². The molecule has 0 aliphatic heterocycles. The van der Waals surface area contributed by atoms with Gasteiger partial charge < -0.3 is 10.1 Å². The molecular weight excluding hydrogens is 322 g/mol. The van der Waals surface area contributed by atoms with Gasteiger partial charge in [-0.05, 0) is 37.6 Å². The van der Waals surface area contributed by atoms with E-state index in [2.05, 4.69) is 30.4 Å². The molecule has 0 saturated heterocycles. The third-order valence-corrected chi connectivity index (χ3v) is 4.25. The van der Waals surface area contributed by atoms with Crippen molar-refractivity contribution < 1.29 is 14.3 Å². The fraction of sp³-hybridized carbons (Fsp3) is 0.263. The number of carbonyl (C=O) groups is 2. The van der Waals surface area contributed by atoms with Gasteiger partial charge in [0.2, 0.25) is 5.91 Å². The maximum absolute atomic E-state index is 12.0. The van der Waals surface area contributed by atoms with Crippen LogP contribution in [0.3, 0.4) is 0 Å². The van der Waals surface area contributed by atoms with Crippen LogP contribution in [0.4, 0.5) is 5.69 Å². The normalized spacial score (nSPS) is 10.2. The first-order valence-corrected chi connectivity index (χ1v) is 8.94. The number of anilines is 1. The average Bonchev–Trinajstić information content (AvgIpc) is 2.55. The van der Waals surface area contributed by atoms with Gasteiger partial charge in [0.1, 0.15) is 0 Å². The summed E-state index contributed by atoms with van der Waals surface area (Å²) in [6.07, 6.45) is 0. The van der Waals surface area contributed by atoms with Crippen molar-refractivity contribution in [2.75, 3.05) is 17.7 Å². The number of amides is 1. The van der Waals surface area contributed by atoms with Crippen LogP contribution < -0.4 is 5.32 Å². The largest absolute Gasteiger partial charge is 0.462 e. The van der Waals surface area contributed by atoms with Crippen LogP contribution in [0.25, 0.3) is 0 Å². The number of rotatable bonds is 7. The first-order valence-electron chi connectivity index (χ1n) is 7.79. The first kappa shape index (κ1) is 18.1. The number of hydrogen-bond donors (Lipinski definition) is 1. The van der Waals surface area contributed by atoms with E-state index in [1.165, 1.54) is 11.1 Å². The van der Waals surface area contributed by atoms with Crippen LogP contribution in [0.1, 0.15) is 28.4 Å². The van der Waals surface area contributed by atoms with E-state index in [4.69, 9.17) is 4.74 Å². The zero-order valence-electron chi connectivity index (χ0n) is 13.9. The van der Waals surface area contributed by atoms with Gasteiger partial charge in [-0.3, -0.25) is 4.79 Å². The SMILES string of the molecule is CCOC(=O)c1cccc(NC(=O)CSCc2cccc(C)c2)c1. The van der Waals surface area contributed by atoms with Gasteiger partial charge in [-0.25, -0.2) is 4.79 Å². The third kappa shape index (κ3) is 5.74. The van der Waals surface area contributed by atoms with Crippen LogP contribution in [-0.4, -0.2) is 24.2 Å². The number of esters is 1. The molecule has 1 N–H and O–H groups in total. The Morgan fingerprint density at radius 3 is 2.67 bits per heavy atom. The fourth-order valence-electron chi connectivity index (χ4n) is 2.20. The van der Waals surface area contributed by atoms with Crippen LogP contribution >= 0.6 is 11.8 Å². The van der Waals surface area contributed by atoms with Crippen molar-refractivity contribution in [2.45, 2.75) is 19.6 Å². The number of carbonyl (C=O) groups excluding carboxylic acids is 2. The van der Waals surface area contributed by atoms with Crippen molar-refractivity contribution >= 4 is 29.3 Å². The summed E-state index contributed by atoms with van der Waals surface area (Å²) in [4.78, 5) is 23.7. The summed E-state index contributed by atoms with van der Waals surface area (Å²) in [5.41, 5.74) is 3.45. The highest BCUT2D eigenvalue weighted by atomic mass is 32.2. The predicted octanol–water partition coefficient (Wildman–Crippen LogP) is 4.04. The second kappa shape index (κ2) is 9.13. The van der Waals surface area contributed by atoms with Gasteiger partial charge in [0.15, 0.2) is 0 Å². The smallest absolute Gasteiger partial charge is 0.338 e. The fourth-order valence-corrected chi connectivity index (χ4v) is 2.97. The number of nitrogens with one attached hydrogen (secondary N) is 1. The minimum absolute atomic E-state index is 0.0892. The first-order chi connectivity index (χ1) is 11.6. The van der Waals surface area contributed by atoms with Gasteiger partial charge in [-0.2, -0.15) is 0 Å². The van der Waals surface area contributed by atoms with Crippen LogP contribution in [0.2, 0.25) is 0 Å². The van der Waals surface area contributed by atoms with Gasteiger partial charge >= 0.3 is 5.97 Å². The lowest BCUT2D eigenvalue weighted by molar-refractivity contribution is -0.113. The van der Waals surface area contributed by atoms with Crippen molar-refractivity contribution in [3.05, 3.63) is 65.2 Å².